The van der Waals surface area contributed by atoms with Crippen molar-refractivity contribution in [2.75, 3.05) is 11.5 Å². The van der Waals surface area contributed by atoms with Gasteiger partial charge in [0.25, 0.3) is 11.8 Å². The lowest BCUT2D eigenvalue weighted by atomic mass is 10.1. The third-order valence-corrected chi connectivity index (χ3v) is 6.64. The first-order chi connectivity index (χ1) is 17.5. The van der Waals surface area contributed by atoms with Crippen LogP contribution in [0.3, 0.4) is 0 Å². The van der Waals surface area contributed by atoms with E-state index in [0.29, 0.717) is 11.3 Å². The summed E-state index contributed by atoms with van der Waals surface area (Å²) in [5.74, 6) is -2.06. The predicted octanol–water partition coefficient (Wildman–Crippen LogP) is 5.68. The Kier molecular flexibility index (Phi) is 6.47. The first-order valence-electron chi connectivity index (χ1n) is 11.1. The number of anilines is 1. The molecule has 176 valence electrons. The van der Waals surface area contributed by atoms with Crippen molar-refractivity contribution in [3.8, 4) is 0 Å². The monoisotopic (exact) mass is 493 g/mol. The number of benzene rings is 4. The summed E-state index contributed by atoms with van der Waals surface area (Å²) in [5.41, 5.74) is 1.29. The Labute approximate surface area is 211 Å². The van der Waals surface area contributed by atoms with Gasteiger partial charge in [0, 0.05) is 15.4 Å². The van der Waals surface area contributed by atoms with E-state index in [-0.39, 0.29) is 22.5 Å². The highest BCUT2D eigenvalue weighted by atomic mass is 32.2. The number of esters is 1. The summed E-state index contributed by atoms with van der Waals surface area (Å²) in [5, 5.41) is 0. The second-order valence-electron chi connectivity index (χ2n) is 7.98. The van der Waals surface area contributed by atoms with Gasteiger partial charge in [0.05, 0.1) is 22.4 Å². The van der Waals surface area contributed by atoms with Crippen LogP contribution in [-0.4, -0.2) is 30.2 Å². The largest absolute Gasteiger partial charge is 0.454 e. The molecule has 2 amide bonds. The molecular weight excluding hydrogens is 474 g/mol. The average molecular weight is 494 g/mol. The summed E-state index contributed by atoms with van der Waals surface area (Å²) < 4.78 is 5.14. The molecule has 1 aliphatic rings. The minimum atomic E-state index is -0.747. The molecule has 5 rings (SSSR count). The maximum absolute atomic E-state index is 13.1. The molecule has 1 heterocycles. The van der Waals surface area contributed by atoms with Crippen molar-refractivity contribution < 1.29 is 23.9 Å². The van der Waals surface area contributed by atoms with Gasteiger partial charge in [-0.1, -0.05) is 60.3 Å². The van der Waals surface area contributed by atoms with Crippen molar-refractivity contribution in [2.24, 2.45) is 0 Å². The molecule has 0 fully saturated rings. The number of nitrogens with zero attached hydrogens (tertiary/aromatic N) is 1. The van der Waals surface area contributed by atoms with Gasteiger partial charge in [0.2, 0.25) is 0 Å². The van der Waals surface area contributed by atoms with E-state index in [1.165, 1.54) is 18.2 Å². The van der Waals surface area contributed by atoms with E-state index in [9.17, 15) is 19.2 Å². The van der Waals surface area contributed by atoms with Crippen LogP contribution in [0.15, 0.2) is 113 Å². The van der Waals surface area contributed by atoms with Crippen molar-refractivity contribution in [3.63, 3.8) is 0 Å². The molecule has 0 saturated carbocycles. The van der Waals surface area contributed by atoms with Gasteiger partial charge in [-0.3, -0.25) is 14.4 Å². The highest BCUT2D eigenvalue weighted by Gasteiger charge is 2.37. The van der Waals surface area contributed by atoms with Crippen molar-refractivity contribution in [1.82, 2.24) is 0 Å². The number of fused-ring (bicyclic) bond motifs is 1. The van der Waals surface area contributed by atoms with Crippen LogP contribution in [0.1, 0.15) is 41.4 Å². The third kappa shape index (κ3) is 4.69. The summed E-state index contributed by atoms with van der Waals surface area (Å²) in [6, 6.07) is 29.7. The van der Waals surface area contributed by atoms with E-state index in [0.717, 1.165) is 14.7 Å². The highest BCUT2D eigenvalue weighted by molar-refractivity contribution is 7.99. The highest BCUT2D eigenvalue weighted by Crippen LogP contribution is 2.32. The van der Waals surface area contributed by atoms with Crippen molar-refractivity contribution in [1.29, 1.82) is 0 Å². The molecule has 0 atom stereocenters. The zero-order chi connectivity index (χ0) is 25.1. The van der Waals surface area contributed by atoms with Crippen molar-refractivity contribution in [3.05, 3.63) is 125 Å². The SMILES string of the molecule is O=C(COC(=O)c1ccc2c(c1)C(=O)N(c1ccc(Sc3ccccc3)cc1)C2=O)c1ccccc1. The topological polar surface area (TPSA) is 80.8 Å². The van der Waals surface area contributed by atoms with Crippen molar-refractivity contribution >= 4 is 41.0 Å². The normalized spacial score (nSPS) is 12.4. The molecule has 7 heteroatoms. The number of hydrogen-bond acceptors (Lipinski definition) is 6. The molecule has 0 spiro atoms. The Morgan fingerprint density at radius 1 is 0.667 bits per heavy atom. The summed E-state index contributed by atoms with van der Waals surface area (Å²) in [6.45, 7) is -0.424. The quantitative estimate of drug-likeness (QED) is 0.187. The predicted molar refractivity (Wildman–Crippen MR) is 136 cm³/mol. The van der Waals surface area contributed by atoms with Crippen LogP contribution in [-0.2, 0) is 4.74 Å². The van der Waals surface area contributed by atoms with Crippen molar-refractivity contribution in [2.45, 2.75) is 9.79 Å². The van der Waals surface area contributed by atoms with Gasteiger partial charge in [0.15, 0.2) is 12.4 Å². The minimum Gasteiger partial charge on any atom is -0.454 e. The fraction of sp³-hybridized carbons (Fsp3) is 0.0345. The number of ketones is 1. The second kappa shape index (κ2) is 10.0. The fourth-order valence-corrected chi connectivity index (χ4v) is 4.65. The fourth-order valence-electron chi connectivity index (χ4n) is 3.81. The number of amides is 2. The number of carbonyl (C=O) groups is 4. The first kappa shape index (κ1) is 23.3. The van der Waals surface area contributed by atoms with Crippen LogP contribution in [0.4, 0.5) is 5.69 Å². The van der Waals surface area contributed by atoms with Gasteiger partial charge in [0.1, 0.15) is 0 Å². The lowest BCUT2D eigenvalue weighted by Crippen LogP contribution is -2.29. The summed E-state index contributed by atoms with van der Waals surface area (Å²) in [4.78, 5) is 53.9. The lowest BCUT2D eigenvalue weighted by molar-refractivity contribution is 0.0474. The van der Waals surface area contributed by atoms with E-state index >= 15 is 0 Å². The van der Waals surface area contributed by atoms with Gasteiger partial charge in [-0.25, -0.2) is 9.69 Å². The van der Waals surface area contributed by atoms with Crippen LogP contribution in [0.2, 0.25) is 0 Å². The van der Waals surface area contributed by atoms with Gasteiger partial charge in [-0.15, -0.1) is 0 Å². The van der Waals surface area contributed by atoms with Gasteiger partial charge in [-0.05, 0) is 54.6 Å². The molecule has 4 aromatic rings. The number of imide groups is 1. The molecule has 0 aromatic heterocycles. The van der Waals surface area contributed by atoms with Gasteiger partial charge >= 0.3 is 5.97 Å². The number of ether oxygens (including phenoxy) is 1. The Morgan fingerprint density at radius 2 is 1.28 bits per heavy atom. The molecule has 0 unspecified atom stereocenters. The number of rotatable bonds is 7. The van der Waals surface area contributed by atoms with E-state index in [4.69, 9.17) is 4.74 Å². The second-order valence-corrected chi connectivity index (χ2v) is 9.13. The van der Waals surface area contributed by atoms with Crippen LogP contribution < -0.4 is 4.90 Å². The molecule has 0 aliphatic carbocycles. The smallest absolute Gasteiger partial charge is 0.338 e. The summed E-state index contributed by atoms with van der Waals surface area (Å²) in [6.07, 6.45) is 0. The Hall–Kier alpha value is -4.49. The first-order valence-corrected chi connectivity index (χ1v) is 11.9. The Bertz CT molecular complexity index is 1470. The molecule has 0 bridgehead atoms. The van der Waals surface area contributed by atoms with Gasteiger partial charge in [-0.2, -0.15) is 0 Å². The van der Waals surface area contributed by atoms with Gasteiger partial charge < -0.3 is 4.74 Å². The van der Waals surface area contributed by atoms with E-state index in [2.05, 4.69) is 0 Å². The van der Waals surface area contributed by atoms with E-state index < -0.39 is 24.4 Å². The minimum absolute atomic E-state index is 0.0900. The Balaban J connectivity index is 1.29. The van der Waals surface area contributed by atoms with Crippen LogP contribution in [0, 0.1) is 0 Å². The molecular formula is C29H19NO5S. The lowest BCUT2D eigenvalue weighted by Gasteiger charge is -2.14. The molecule has 0 radical (unpaired) electrons. The molecule has 4 aromatic carbocycles. The molecule has 0 saturated heterocycles. The molecule has 0 N–H and O–H groups in total. The third-order valence-electron chi connectivity index (χ3n) is 5.63. The maximum Gasteiger partial charge on any atom is 0.338 e. The number of carbonyl (C=O) groups excluding carboxylic acids is 4. The molecule has 36 heavy (non-hydrogen) atoms. The standard InChI is InChI=1S/C29H19NO5S/c31-26(19-7-3-1-4-8-19)18-35-29(34)20-11-16-24-25(17-20)28(33)30(27(24)32)21-12-14-23(15-13-21)36-22-9-5-2-6-10-22/h1-17H,18H2. The Morgan fingerprint density at radius 3 is 1.97 bits per heavy atom. The average Bonchev–Trinajstić information content (AvgIpc) is 3.17. The van der Waals surface area contributed by atoms with Crippen LogP contribution >= 0.6 is 11.8 Å². The molecule has 6 nitrogen and oxygen atoms in total. The summed E-state index contributed by atoms with van der Waals surface area (Å²) in [7, 11) is 0. The maximum atomic E-state index is 13.1. The van der Waals surface area contributed by atoms with E-state index in [1.54, 1.807) is 54.2 Å². The summed E-state index contributed by atoms with van der Waals surface area (Å²) >= 11 is 1.57. The zero-order valence-corrected chi connectivity index (χ0v) is 19.7. The number of hydrogen-bond donors (Lipinski definition) is 0. The van der Waals surface area contributed by atoms with E-state index in [1.807, 2.05) is 42.5 Å². The van der Waals surface area contributed by atoms with Crippen LogP contribution in [0.5, 0.6) is 0 Å². The zero-order valence-electron chi connectivity index (χ0n) is 18.9. The number of Topliss-reactive ketones (excluding diaryl/α,β-unsaturated/α-hetero) is 1. The van der Waals surface area contributed by atoms with Crippen LogP contribution in [0.25, 0.3) is 0 Å². The molecule has 1 aliphatic heterocycles.